The van der Waals surface area contributed by atoms with Crippen LogP contribution in [0, 0.1) is 33.1 Å². The molecular formula is C65H104O9P2. The van der Waals surface area contributed by atoms with E-state index in [4.69, 9.17) is 19.6 Å². The first-order valence-corrected chi connectivity index (χ1v) is 29.4. The summed E-state index contributed by atoms with van der Waals surface area (Å²) in [6, 6.07) is 17.7. The van der Waals surface area contributed by atoms with E-state index in [2.05, 4.69) is 247 Å². The van der Waals surface area contributed by atoms with E-state index in [1.807, 2.05) is 0 Å². The topological polar surface area (TPSA) is 171 Å². The highest BCUT2D eigenvalue weighted by atomic mass is 31.2. The molecule has 0 aromatic heterocycles. The van der Waals surface area contributed by atoms with Gasteiger partial charge < -0.3 is 40.0 Å². The molecule has 0 saturated heterocycles. The van der Waals surface area contributed by atoms with Gasteiger partial charge in [0.15, 0.2) is 0 Å². The summed E-state index contributed by atoms with van der Waals surface area (Å²) >= 11 is 0. The summed E-state index contributed by atoms with van der Waals surface area (Å²) in [6.45, 7) is 59.5. The van der Waals surface area contributed by atoms with Crippen LogP contribution in [0.25, 0.3) is 0 Å². The molecule has 11 heteroatoms. The Balaban J connectivity index is 0.00000202. The molecule has 0 atom stereocenters. The number of aliphatic hydroxyl groups is 4. The summed E-state index contributed by atoms with van der Waals surface area (Å²) in [5, 5.41) is 59.0. The van der Waals surface area contributed by atoms with Gasteiger partial charge in [-0.25, -0.2) is 4.31 Å². The summed E-state index contributed by atoms with van der Waals surface area (Å²) in [5.41, 5.74) is 3.21. The molecule has 4 aromatic rings. The van der Waals surface area contributed by atoms with E-state index in [-0.39, 0.29) is 10.8 Å². The standard InChI is InChI=1S/C65H100O4.H4O5P2/c1-39-29-45(57(11,12)13)53(46(30-39)58(14,15)16)65(69,54-47(59(17,18)19)31-40(2)32-48(54)60(20,21)22)63(37-66,38-67)64(68,51-41(3)33-43(55(5,6)7)35-49(51)61(23,24)25)52-42(4)34-44(56(8,9)10)36-50(52)62(26,27)28;1-6(2)5-7(3)4/h29-36,66-69H,37-38H2,1-28H3;1-4H. The van der Waals surface area contributed by atoms with Crippen molar-refractivity contribution in [1.29, 1.82) is 0 Å². The minimum absolute atomic E-state index is 0.246. The second-order valence-electron chi connectivity index (χ2n) is 30.3. The van der Waals surface area contributed by atoms with Crippen LogP contribution in [-0.2, 0) is 58.8 Å². The predicted molar refractivity (Wildman–Crippen MR) is 321 cm³/mol. The molecule has 0 radical (unpaired) electrons. The molecule has 0 bridgehead atoms. The number of hydrogen-bond acceptors (Lipinski definition) is 9. The maximum Gasteiger partial charge on any atom is 0.334 e. The monoisotopic (exact) mass is 1090 g/mol. The van der Waals surface area contributed by atoms with Gasteiger partial charge in [-0.2, -0.15) is 0 Å². The van der Waals surface area contributed by atoms with Gasteiger partial charge in [0.05, 0.1) is 18.6 Å². The van der Waals surface area contributed by atoms with E-state index in [1.54, 1.807) is 0 Å². The van der Waals surface area contributed by atoms with Gasteiger partial charge in [0.25, 0.3) is 0 Å². The third-order valence-electron chi connectivity index (χ3n) is 15.3. The van der Waals surface area contributed by atoms with Crippen LogP contribution in [0.15, 0.2) is 48.5 Å². The van der Waals surface area contributed by atoms with Gasteiger partial charge in [0.2, 0.25) is 0 Å². The van der Waals surface area contributed by atoms with Gasteiger partial charge in [-0.1, -0.05) is 226 Å². The molecule has 0 aliphatic rings. The fourth-order valence-corrected chi connectivity index (χ4v) is 11.9. The van der Waals surface area contributed by atoms with Gasteiger partial charge in [-0.05, 0) is 149 Å². The average molecular weight is 1090 g/mol. The molecule has 0 spiro atoms. The van der Waals surface area contributed by atoms with Gasteiger partial charge >= 0.3 is 17.2 Å². The Hall–Kier alpha value is -2.62. The Bertz CT molecular complexity index is 2450. The predicted octanol–water partition coefficient (Wildman–Crippen LogP) is 14.9. The van der Waals surface area contributed by atoms with E-state index in [0.29, 0.717) is 22.3 Å². The molecule has 0 fully saturated rings. The molecule has 4 aromatic carbocycles. The van der Waals surface area contributed by atoms with Crippen LogP contribution in [0.5, 0.6) is 0 Å². The lowest BCUT2D eigenvalue weighted by Gasteiger charge is -2.60. The molecule has 0 unspecified atom stereocenters. The Kier molecular flexibility index (Phi) is 19.9. The lowest BCUT2D eigenvalue weighted by Crippen LogP contribution is -2.66. The molecular weight excluding hydrogens is 987 g/mol. The molecule has 0 aliphatic carbocycles. The zero-order valence-corrected chi connectivity index (χ0v) is 54.2. The van der Waals surface area contributed by atoms with Crippen molar-refractivity contribution in [2.75, 3.05) is 13.2 Å². The normalized spacial score (nSPS) is 14.2. The van der Waals surface area contributed by atoms with Crippen molar-refractivity contribution in [2.24, 2.45) is 5.41 Å². The maximum absolute atomic E-state index is 16.1. The number of rotatable bonds is 10. The fraction of sp³-hybridized carbons (Fsp3) is 0.631. The fourth-order valence-electron chi connectivity index (χ4n) is 11.3. The van der Waals surface area contributed by atoms with Crippen LogP contribution in [0.4, 0.5) is 0 Å². The molecule has 0 amide bonds. The van der Waals surface area contributed by atoms with Crippen LogP contribution in [0.1, 0.15) is 255 Å². The summed E-state index contributed by atoms with van der Waals surface area (Å²) in [4.78, 5) is 31.3. The van der Waals surface area contributed by atoms with E-state index >= 15 is 10.2 Å². The van der Waals surface area contributed by atoms with E-state index in [0.717, 1.165) is 66.8 Å². The Morgan fingerprint density at radius 3 is 0.711 bits per heavy atom. The van der Waals surface area contributed by atoms with Gasteiger partial charge in [-0.3, -0.25) is 0 Å². The zero-order valence-electron chi connectivity index (χ0n) is 52.4. The Morgan fingerprint density at radius 2 is 0.539 bits per heavy atom. The highest BCUT2D eigenvalue weighted by Crippen LogP contribution is 2.65. The maximum atomic E-state index is 16.1. The van der Waals surface area contributed by atoms with Crippen LogP contribution < -0.4 is 0 Å². The first kappa shape index (κ1) is 67.7. The number of hydrogen-bond donors (Lipinski definition) is 8. The number of aryl methyl sites for hydroxylation is 4. The highest BCUT2D eigenvalue weighted by Gasteiger charge is 2.69. The molecule has 0 heterocycles. The molecule has 4 rings (SSSR count). The Morgan fingerprint density at radius 1 is 0.329 bits per heavy atom. The minimum Gasteiger partial charge on any atom is -0.395 e. The van der Waals surface area contributed by atoms with Crippen LogP contribution >= 0.6 is 17.2 Å². The summed E-state index contributed by atoms with van der Waals surface area (Å²) in [5.74, 6) is 0. The third kappa shape index (κ3) is 13.6. The molecule has 0 saturated carbocycles. The largest absolute Gasteiger partial charge is 0.395 e. The second kappa shape index (κ2) is 22.4. The van der Waals surface area contributed by atoms with E-state index < -0.39 is 79.5 Å². The Labute approximate surface area is 464 Å². The lowest BCUT2D eigenvalue weighted by molar-refractivity contribution is -0.212. The van der Waals surface area contributed by atoms with E-state index in [1.165, 1.54) is 0 Å². The van der Waals surface area contributed by atoms with Crippen molar-refractivity contribution < 1.29 is 44.3 Å². The number of aliphatic hydroxyl groups excluding tert-OH is 2. The van der Waals surface area contributed by atoms with Gasteiger partial charge in [-0.15, -0.1) is 0 Å². The minimum atomic E-state index is -2.61. The van der Waals surface area contributed by atoms with Crippen LogP contribution in [0.3, 0.4) is 0 Å². The lowest BCUT2D eigenvalue weighted by atomic mass is 9.47. The van der Waals surface area contributed by atoms with E-state index in [9.17, 15) is 10.2 Å². The first-order chi connectivity index (χ1) is 33.7. The van der Waals surface area contributed by atoms with Gasteiger partial charge in [0.1, 0.15) is 11.2 Å². The quantitative estimate of drug-likeness (QED) is 0.0720. The molecule has 8 N–H and O–H groups in total. The highest BCUT2D eigenvalue weighted by molar-refractivity contribution is 7.53. The van der Waals surface area contributed by atoms with Crippen molar-refractivity contribution >= 4 is 17.2 Å². The summed E-state index contributed by atoms with van der Waals surface area (Å²) in [7, 11) is -5.22. The smallest absolute Gasteiger partial charge is 0.334 e. The second-order valence-corrected chi connectivity index (χ2v) is 32.0. The summed E-state index contributed by atoms with van der Waals surface area (Å²) in [6.07, 6.45) is 0. The molecule has 9 nitrogen and oxygen atoms in total. The first-order valence-electron chi connectivity index (χ1n) is 27.1. The number of benzene rings is 4. The van der Waals surface area contributed by atoms with Crippen LogP contribution in [0.2, 0.25) is 0 Å². The van der Waals surface area contributed by atoms with Crippen molar-refractivity contribution in [3.8, 4) is 0 Å². The summed E-state index contributed by atoms with van der Waals surface area (Å²) < 4.78 is 3.60. The van der Waals surface area contributed by atoms with Crippen molar-refractivity contribution in [2.45, 2.75) is 248 Å². The van der Waals surface area contributed by atoms with Crippen molar-refractivity contribution in [1.82, 2.24) is 0 Å². The third-order valence-corrected chi connectivity index (χ3v) is 16.5. The average Bonchev–Trinajstić information content (AvgIpc) is 3.19. The zero-order chi connectivity index (χ0) is 59.7. The molecule has 428 valence electrons. The van der Waals surface area contributed by atoms with Crippen molar-refractivity contribution in [3.05, 3.63) is 138 Å². The van der Waals surface area contributed by atoms with Crippen molar-refractivity contribution in [3.63, 3.8) is 0 Å². The SMILES string of the molecule is Cc1cc(C(C)(C)C)c(C(O)(c2c(C(C)(C)C)cc(C)cc2C(C)(C)C)C(CO)(CO)C(O)(c2c(C)cc(C(C)(C)C)cc2C(C)(C)C)c2c(C)cc(C(C)(C)C)cc2C(C)(C)C)c(C(C)(C)C)c1.OP(O)OP(O)O. The molecule has 0 aliphatic heterocycles. The van der Waals surface area contributed by atoms with Crippen LogP contribution in [-0.4, -0.2) is 53.2 Å². The molecule has 76 heavy (non-hydrogen) atoms. The van der Waals surface area contributed by atoms with Gasteiger partial charge in [0, 0.05) is 0 Å².